The molecule has 0 saturated carbocycles. The highest BCUT2D eigenvalue weighted by Crippen LogP contribution is 2.30. The average molecular weight is 236 g/mol. The Kier molecular flexibility index (Phi) is 3.94. The van der Waals surface area contributed by atoms with Gasteiger partial charge in [0.25, 0.3) is 0 Å². The second-order valence-corrected chi connectivity index (χ2v) is 4.46. The third-order valence-corrected chi connectivity index (χ3v) is 3.76. The van der Waals surface area contributed by atoms with Crippen LogP contribution in [-0.2, 0) is 9.53 Å². The number of esters is 1. The van der Waals surface area contributed by atoms with Crippen LogP contribution in [0, 0.1) is 34.6 Å². The lowest BCUT2D eigenvalue weighted by molar-refractivity contribution is -0.150. The molecule has 94 valence electrons. The number of aliphatic hydroxyl groups excluding tert-OH is 1. The fourth-order valence-electron chi connectivity index (χ4n) is 2.17. The van der Waals surface area contributed by atoms with Crippen LogP contribution in [0.15, 0.2) is 0 Å². The van der Waals surface area contributed by atoms with E-state index >= 15 is 0 Å². The molecule has 0 spiro atoms. The highest BCUT2D eigenvalue weighted by molar-refractivity contribution is 5.77. The first kappa shape index (κ1) is 13.7. The van der Waals surface area contributed by atoms with Gasteiger partial charge in [-0.25, -0.2) is 4.79 Å². The number of hydrogen-bond acceptors (Lipinski definition) is 3. The van der Waals surface area contributed by atoms with Crippen LogP contribution in [-0.4, -0.2) is 18.2 Å². The lowest BCUT2D eigenvalue weighted by Crippen LogP contribution is -2.17. The predicted molar refractivity (Wildman–Crippen MR) is 67.1 cm³/mol. The van der Waals surface area contributed by atoms with Crippen LogP contribution in [0.2, 0.25) is 0 Å². The van der Waals surface area contributed by atoms with Gasteiger partial charge in [0.2, 0.25) is 0 Å². The standard InChI is InChI=1S/C14H20O3/c1-7-8(2)10(4)12(11(5)9(7)3)13(15)14(16)17-6/h13,15H,1-6H3. The van der Waals surface area contributed by atoms with E-state index in [4.69, 9.17) is 0 Å². The van der Waals surface area contributed by atoms with Crippen LogP contribution in [0.25, 0.3) is 0 Å². The van der Waals surface area contributed by atoms with Gasteiger partial charge >= 0.3 is 5.97 Å². The molecule has 1 rings (SSSR count). The van der Waals surface area contributed by atoms with Crippen LogP contribution in [0.5, 0.6) is 0 Å². The fourth-order valence-corrected chi connectivity index (χ4v) is 2.17. The van der Waals surface area contributed by atoms with Crippen molar-refractivity contribution in [3.05, 3.63) is 33.4 Å². The largest absolute Gasteiger partial charge is 0.467 e. The minimum atomic E-state index is -1.20. The van der Waals surface area contributed by atoms with Gasteiger partial charge < -0.3 is 9.84 Å². The van der Waals surface area contributed by atoms with Crippen LogP contribution >= 0.6 is 0 Å². The fraction of sp³-hybridized carbons (Fsp3) is 0.500. The average Bonchev–Trinajstić information content (AvgIpc) is 2.32. The molecular weight excluding hydrogens is 216 g/mol. The number of carbonyl (C=O) groups is 1. The smallest absolute Gasteiger partial charge is 0.339 e. The van der Waals surface area contributed by atoms with Crippen molar-refractivity contribution in [2.45, 2.75) is 40.7 Å². The van der Waals surface area contributed by atoms with Gasteiger partial charge in [0.1, 0.15) is 0 Å². The van der Waals surface area contributed by atoms with E-state index in [0.29, 0.717) is 5.56 Å². The van der Waals surface area contributed by atoms with E-state index in [-0.39, 0.29) is 0 Å². The van der Waals surface area contributed by atoms with Gasteiger partial charge in [-0.1, -0.05) is 0 Å². The Morgan fingerprint density at radius 3 is 1.65 bits per heavy atom. The molecule has 0 aliphatic carbocycles. The van der Waals surface area contributed by atoms with E-state index in [1.54, 1.807) is 0 Å². The minimum Gasteiger partial charge on any atom is -0.467 e. The van der Waals surface area contributed by atoms with Crippen LogP contribution in [0.1, 0.15) is 39.5 Å². The van der Waals surface area contributed by atoms with Crippen LogP contribution in [0.3, 0.4) is 0 Å². The second-order valence-electron chi connectivity index (χ2n) is 4.46. The molecule has 1 N–H and O–H groups in total. The Bertz CT molecular complexity index is 432. The maximum Gasteiger partial charge on any atom is 0.339 e. The molecule has 17 heavy (non-hydrogen) atoms. The summed E-state index contributed by atoms with van der Waals surface area (Å²) in [5.74, 6) is -0.612. The second kappa shape index (κ2) is 4.88. The molecule has 1 unspecified atom stereocenters. The number of carbonyl (C=O) groups excluding carboxylic acids is 1. The summed E-state index contributed by atoms with van der Waals surface area (Å²) in [6.07, 6.45) is -1.20. The van der Waals surface area contributed by atoms with Gasteiger partial charge in [0.15, 0.2) is 6.10 Å². The molecule has 1 aromatic rings. The normalized spacial score (nSPS) is 12.4. The third kappa shape index (κ3) is 2.20. The first-order chi connectivity index (χ1) is 7.82. The van der Waals surface area contributed by atoms with Gasteiger partial charge in [-0.2, -0.15) is 0 Å². The Hall–Kier alpha value is -1.35. The molecule has 0 aliphatic heterocycles. The molecule has 0 fully saturated rings. The van der Waals surface area contributed by atoms with Crippen molar-refractivity contribution in [1.82, 2.24) is 0 Å². The van der Waals surface area contributed by atoms with Gasteiger partial charge in [-0.3, -0.25) is 0 Å². The Balaban J connectivity index is 3.49. The zero-order chi connectivity index (χ0) is 13.3. The number of rotatable bonds is 2. The summed E-state index contributed by atoms with van der Waals surface area (Å²) >= 11 is 0. The Morgan fingerprint density at radius 1 is 0.941 bits per heavy atom. The lowest BCUT2D eigenvalue weighted by Gasteiger charge is -2.21. The van der Waals surface area contributed by atoms with Crippen molar-refractivity contribution >= 4 is 5.97 Å². The maximum atomic E-state index is 11.5. The number of hydrogen-bond donors (Lipinski definition) is 1. The monoisotopic (exact) mass is 236 g/mol. The van der Waals surface area contributed by atoms with Crippen molar-refractivity contribution in [2.75, 3.05) is 7.11 Å². The zero-order valence-corrected chi connectivity index (χ0v) is 11.3. The highest BCUT2D eigenvalue weighted by Gasteiger charge is 2.24. The summed E-state index contributed by atoms with van der Waals surface area (Å²) in [6.45, 7) is 9.92. The van der Waals surface area contributed by atoms with Crippen LogP contribution < -0.4 is 0 Å². The minimum absolute atomic E-state index is 0.612. The van der Waals surface area contributed by atoms with E-state index in [1.165, 1.54) is 12.7 Å². The third-order valence-electron chi connectivity index (χ3n) is 3.76. The highest BCUT2D eigenvalue weighted by atomic mass is 16.5. The van der Waals surface area contributed by atoms with E-state index in [1.807, 2.05) is 27.7 Å². The molecule has 0 amide bonds. The van der Waals surface area contributed by atoms with Gasteiger partial charge in [0.05, 0.1) is 7.11 Å². The summed E-state index contributed by atoms with van der Waals surface area (Å²) in [4.78, 5) is 11.5. The Labute approximate surface area is 102 Å². The summed E-state index contributed by atoms with van der Waals surface area (Å²) < 4.78 is 4.60. The van der Waals surface area contributed by atoms with Crippen molar-refractivity contribution < 1.29 is 14.6 Å². The molecule has 0 aliphatic rings. The zero-order valence-electron chi connectivity index (χ0n) is 11.3. The molecule has 0 aromatic heterocycles. The van der Waals surface area contributed by atoms with Crippen LogP contribution in [0.4, 0.5) is 0 Å². The number of ether oxygens (including phenoxy) is 1. The van der Waals surface area contributed by atoms with E-state index < -0.39 is 12.1 Å². The SMILES string of the molecule is COC(=O)C(O)c1c(C)c(C)c(C)c(C)c1C. The van der Waals surface area contributed by atoms with Gasteiger partial charge in [-0.15, -0.1) is 0 Å². The summed E-state index contributed by atoms with van der Waals surface area (Å²) in [6, 6.07) is 0. The Morgan fingerprint density at radius 2 is 1.29 bits per heavy atom. The van der Waals surface area contributed by atoms with Crippen molar-refractivity contribution in [1.29, 1.82) is 0 Å². The maximum absolute atomic E-state index is 11.5. The molecule has 0 bridgehead atoms. The topological polar surface area (TPSA) is 46.5 Å². The number of aliphatic hydroxyl groups is 1. The van der Waals surface area contributed by atoms with Crippen molar-refractivity contribution in [3.63, 3.8) is 0 Å². The molecule has 3 heteroatoms. The quantitative estimate of drug-likeness (QED) is 0.802. The summed E-state index contributed by atoms with van der Waals surface area (Å²) in [7, 11) is 1.28. The first-order valence-corrected chi connectivity index (χ1v) is 5.65. The molecule has 3 nitrogen and oxygen atoms in total. The van der Waals surface area contributed by atoms with Crippen molar-refractivity contribution in [2.24, 2.45) is 0 Å². The number of benzene rings is 1. The molecule has 0 radical (unpaired) electrons. The van der Waals surface area contributed by atoms with Crippen molar-refractivity contribution in [3.8, 4) is 0 Å². The molecule has 1 atom stereocenters. The summed E-state index contributed by atoms with van der Waals surface area (Å²) in [5.41, 5.74) is 6.04. The van der Waals surface area contributed by atoms with Gasteiger partial charge in [-0.05, 0) is 68.0 Å². The number of methoxy groups -OCH3 is 1. The predicted octanol–water partition coefficient (Wildman–Crippen LogP) is 2.44. The first-order valence-electron chi connectivity index (χ1n) is 5.65. The van der Waals surface area contributed by atoms with Gasteiger partial charge in [0, 0.05) is 0 Å². The van der Waals surface area contributed by atoms with E-state index in [9.17, 15) is 9.90 Å². The summed E-state index contributed by atoms with van der Waals surface area (Å²) in [5, 5.41) is 10.0. The molecule has 1 aromatic carbocycles. The van der Waals surface area contributed by atoms with E-state index in [2.05, 4.69) is 11.7 Å². The molecule has 0 heterocycles. The van der Waals surface area contributed by atoms with E-state index in [0.717, 1.165) is 22.3 Å². The molecular formula is C14H20O3. The molecule has 0 saturated heterocycles. The lowest BCUT2D eigenvalue weighted by atomic mass is 9.87.